The Balaban J connectivity index is 1.40. The zero-order chi connectivity index (χ0) is 17.6. The van der Waals surface area contributed by atoms with E-state index in [9.17, 15) is 4.79 Å². The van der Waals surface area contributed by atoms with Crippen LogP contribution in [0.3, 0.4) is 0 Å². The van der Waals surface area contributed by atoms with Crippen LogP contribution in [-0.4, -0.2) is 53.7 Å². The third-order valence-electron chi connectivity index (χ3n) is 4.34. The van der Waals surface area contributed by atoms with E-state index < -0.39 is 0 Å². The second kappa shape index (κ2) is 8.11. The van der Waals surface area contributed by atoms with Crippen LogP contribution < -0.4 is 10.2 Å². The van der Waals surface area contributed by atoms with Crippen LogP contribution in [0.4, 0.5) is 5.82 Å². The number of hydrogen-bond donors (Lipinski definition) is 1. The molecule has 7 nitrogen and oxygen atoms in total. The lowest BCUT2D eigenvalue weighted by atomic mass is 10.1. The Morgan fingerprint density at radius 3 is 2.72 bits per heavy atom. The van der Waals surface area contributed by atoms with E-state index >= 15 is 0 Å². The molecule has 7 heteroatoms. The van der Waals surface area contributed by atoms with Crippen molar-refractivity contribution in [2.24, 2.45) is 0 Å². The highest BCUT2D eigenvalue weighted by atomic mass is 16.5. The molecule has 2 aromatic rings. The van der Waals surface area contributed by atoms with Gasteiger partial charge in [-0.15, -0.1) is 0 Å². The number of nitrogens with zero attached hydrogens (tertiary/aromatic N) is 4. The van der Waals surface area contributed by atoms with Crippen LogP contribution >= 0.6 is 0 Å². The Bertz CT molecular complexity index is 678. The number of carbonyl (C=O) groups is 1. The summed E-state index contributed by atoms with van der Waals surface area (Å²) in [6.07, 6.45) is 1.81. The van der Waals surface area contributed by atoms with Crippen molar-refractivity contribution in [3.8, 4) is 0 Å². The highest BCUT2D eigenvalue weighted by Gasteiger charge is 2.19. The average molecular weight is 343 g/mol. The molecule has 0 aliphatic carbocycles. The molecule has 1 fully saturated rings. The molecular weight excluding hydrogens is 318 g/mol. The molecule has 25 heavy (non-hydrogen) atoms. The number of hydrogen-bond acceptors (Lipinski definition) is 6. The first-order valence-corrected chi connectivity index (χ1v) is 8.72. The second-order valence-corrected chi connectivity index (χ2v) is 6.60. The van der Waals surface area contributed by atoms with Crippen molar-refractivity contribution in [3.63, 3.8) is 0 Å². The van der Waals surface area contributed by atoms with Gasteiger partial charge in [0.2, 0.25) is 5.91 Å². The number of rotatable bonds is 6. The first-order chi connectivity index (χ1) is 12.1. The number of carbonyl (C=O) groups excluding carboxylic acids is 1. The van der Waals surface area contributed by atoms with Crippen LogP contribution in [0.25, 0.3) is 0 Å². The molecule has 0 radical (unpaired) electrons. The van der Waals surface area contributed by atoms with Gasteiger partial charge in [-0.2, -0.15) is 0 Å². The Morgan fingerprint density at radius 2 is 2.08 bits per heavy atom. The van der Waals surface area contributed by atoms with E-state index in [-0.39, 0.29) is 5.91 Å². The Labute approximate surface area is 148 Å². The molecule has 1 aliphatic rings. The molecule has 0 aromatic carbocycles. The fourth-order valence-corrected chi connectivity index (χ4v) is 2.80. The normalized spacial score (nSPS) is 15.6. The van der Waals surface area contributed by atoms with Gasteiger partial charge in [0.1, 0.15) is 5.82 Å². The Hall–Kier alpha value is -2.41. The molecule has 0 saturated carbocycles. The van der Waals surface area contributed by atoms with E-state index in [1.807, 2.05) is 30.5 Å². The van der Waals surface area contributed by atoms with Crippen LogP contribution in [0.2, 0.25) is 0 Å². The topological polar surface area (TPSA) is 74.5 Å². The van der Waals surface area contributed by atoms with Gasteiger partial charge < -0.3 is 14.7 Å². The minimum absolute atomic E-state index is 0.00813. The minimum Gasteiger partial charge on any atom is -0.359 e. The fourth-order valence-electron chi connectivity index (χ4n) is 2.80. The molecule has 1 amide bonds. The summed E-state index contributed by atoms with van der Waals surface area (Å²) in [4.78, 5) is 20.9. The molecule has 2 aromatic heterocycles. The maximum Gasteiger partial charge on any atom is 0.234 e. The van der Waals surface area contributed by atoms with Gasteiger partial charge in [0.15, 0.2) is 5.76 Å². The summed E-state index contributed by atoms with van der Waals surface area (Å²) in [5.74, 6) is 2.02. The van der Waals surface area contributed by atoms with E-state index in [1.165, 1.54) is 0 Å². The van der Waals surface area contributed by atoms with Crippen molar-refractivity contribution in [3.05, 3.63) is 41.9 Å². The molecule has 3 rings (SSSR count). The lowest BCUT2D eigenvalue weighted by Gasteiger charge is -2.34. The number of amides is 1. The number of piperazine rings is 1. The summed E-state index contributed by atoms with van der Waals surface area (Å²) in [5.41, 5.74) is 0.912. The minimum atomic E-state index is 0.00813. The summed E-state index contributed by atoms with van der Waals surface area (Å²) in [6.45, 7) is 8.37. The van der Waals surface area contributed by atoms with Gasteiger partial charge in [-0.05, 0) is 18.1 Å². The summed E-state index contributed by atoms with van der Waals surface area (Å²) >= 11 is 0. The van der Waals surface area contributed by atoms with Crippen molar-refractivity contribution in [2.75, 3.05) is 37.6 Å². The van der Waals surface area contributed by atoms with Gasteiger partial charge in [0.05, 0.1) is 18.8 Å². The molecule has 0 bridgehead atoms. The Kier molecular flexibility index (Phi) is 5.65. The number of aromatic nitrogens is 2. The highest BCUT2D eigenvalue weighted by Crippen LogP contribution is 2.14. The molecule has 3 heterocycles. The predicted octanol–water partition coefficient (Wildman–Crippen LogP) is 1.63. The summed E-state index contributed by atoms with van der Waals surface area (Å²) in [7, 11) is 0. The molecular formula is C18H25N5O2. The highest BCUT2D eigenvalue weighted by molar-refractivity contribution is 5.78. The summed E-state index contributed by atoms with van der Waals surface area (Å²) in [6, 6.07) is 7.83. The average Bonchev–Trinajstić information content (AvgIpc) is 3.11. The van der Waals surface area contributed by atoms with Gasteiger partial charge >= 0.3 is 0 Å². The van der Waals surface area contributed by atoms with Crippen molar-refractivity contribution in [1.82, 2.24) is 20.4 Å². The summed E-state index contributed by atoms with van der Waals surface area (Å²) in [5, 5.41) is 6.90. The monoisotopic (exact) mass is 343 g/mol. The van der Waals surface area contributed by atoms with Crippen LogP contribution in [0.15, 0.2) is 35.0 Å². The summed E-state index contributed by atoms with van der Waals surface area (Å²) < 4.78 is 5.24. The molecule has 0 unspecified atom stereocenters. The smallest absolute Gasteiger partial charge is 0.234 e. The largest absolute Gasteiger partial charge is 0.359 e. The lowest BCUT2D eigenvalue weighted by Crippen LogP contribution is -2.49. The van der Waals surface area contributed by atoms with Gasteiger partial charge in [-0.1, -0.05) is 25.1 Å². The third-order valence-corrected chi connectivity index (χ3v) is 4.34. The van der Waals surface area contributed by atoms with Crippen LogP contribution in [0, 0.1) is 0 Å². The fraction of sp³-hybridized carbons (Fsp3) is 0.500. The maximum atomic E-state index is 12.1. The molecule has 1 N–H and O–H groups in total. The maximum absolute atomic E-state index is 12.1. The first kappa shape index (κ1) is 17.4. The van der Waals surface area contributed by atoms with Crippen molar-refractivity contribution < 1.29 is 9.32 Å². The second-order valence-electron chi connectivity index (χ2n) is 6.60. The zero-order valence-corrected chi connectivity index (χ0v) is 14.8. The van der Waals surface area contributed by atoms with Crippen molar-refractivity contribution >= 4 is 11.7 Å². The molecule has 0 atom stereocenters. The molecule has 1 aliphatic heterocycles. The van der Waals surface area contributed by atoms with Gasteiger partial charge in [0.25, 0.3) is 0 Å². The molecule has 0 spiro atoms. The first-order valence-electron chi connectivity index (χ1n) is 8.72. The van der Waals surface area contributed by atoms with Crippen molar-refractivity contribution in [1.29, 1.82) is 0 Å². The van der Waals surface area contributed by atoms with Crippen LogP contribution in [0.1, 0.15) is 31.2 Å². The third kappa shape index (κ3) is 4.79. The number of anilines is 1. The number of pyridine rings is 1. The van der Waals surface area contributed by atoms with Gasteiger partial charge in [-0.3, -0.25) is 9.69 Å². The number of nitrogens with one attached hydrogen (secondary N) is 1. The molecule has 1 saturated heterocycles. The van der Waals surface area contributed by atoms with E-state index in [0.717, 1.165) is 37.7 Å². The van der Waals surface area contributed by atoms with Crippen molar-refractivity contribution in [2.45, 2.75) is 26.3 Å². The van der Waals surface area contributed by atoms with Gasteiger partial charge in [-0.25, -0.2) is 4.98 Å². The Morgan fingerprint density at radius 1 is 1.28 bits per heavy atom. The van der Waals surface area contributed by atoms with E-state index in [1.54, 1.807) is 0 Å². The van der Waals surface area contributed by atoms with Crippen LogP contribution in [0.5, 0.6) is 0 Å². The van der Waals surface area contributed by atoms with E-state index in [2.05, 4.69) is 39.1 Å². The quantitative estimate of drug-likeness (QED) is 0.859. The predicted molar refractivity (Wildman–Crippen MR) is 95.3 cm³/mol. The zero-order valence-electron chi connectivity index (χ0n) is 14.8. The standard InChI is InChI=1S/C18H25N5O2/c1-14(2)16-11-15(25-21-16)12-20-18(24)13-22-7-9-23(10-8-22)17-5-3-4-6-19-17/h3-6,11,14H,7-10,12-13H2,1-2H3,(H,20,24). The van der Waals surface area contributed by atoms with E-state index in [0.29, 0.717) is 24.8 Å². The van der Waals surface area contributed by atoms with E-state index in [4.69, 9.17) is 4.52 Å². The van der Waals surface area contributed by atoms with Crippen LogP contribution in [-0.2, 0) is 11.3 Å². The molecule has 134 valence electrons. The lowest BCUT2D eigenvalue weighted by molar-refractivity contribution is -0.122. The van der Waals surface area contributed by atoms with Gasteiger partial charge in [0, 0.05) is 38.4 Å². The SMILES string of the molecule is CC(C)c1cc(CNC(=O)CN2CCN(c3ccccn3)CC2)on1.